The molecular formula is C16H22N6O3. The number of nitrogens with zero attached hydrogens (tertiary/aromatic N) is 6. The fraction of sp³-hybridized carbons (Fsp3) is 0.625. The summed E-state index contributed by atoms with van der Waals surface area (Å²) in [5, 5.41) is 4.17. The van der Waals surface area contributed by atoms with Crippen molar-refractivity contribution < 1.29 is 14.2 Å². The summed E-state index contributed by atoms with van der Waals surface area (Å²) in [7, 11) is 1.61. The van der Waals surface area contributed by atoms with Crippen molar-refractivity contribution in [1.29, 1.82) is 0 Å². The number of hydrogen-bond donors (Lipinski definition) is 0. The number of methoxy groups -OCH3 is 1. The first kappa shape index (κ1) is 16.2. The van der Waals surface area contributed by atoms with Gasteiger partial charge < -0.3 is 19.1 Å². The molecule has 25 heavy (non-hydrogen) atoms. The van der Waals surface area contributed by atoms with Crippen molar-refractivity contribution in [2.45, 2.75) is 31.1 Å². The molecule has 0 aromatic carbocycles. The zero-order valence-corrected chi connectivity index (χ0v) is 14.2. The van der Waals surface area contributed by atoms with Crippen molar-refractivity contribution in [3.8, 4) is 5.88 Å². The predicted octanol–water partition coefficient (Wildman–Crippen LogP) is 0.531. The fourth-order valence-electron chi connectivity index (χ4n) is 3.50. The molecule has 2 fully saturated rings. The van der Waals surface area contributed by atoms with Crippen LogP contribution in [0.2, 0.25) is 0 Å². The lowest BCUT2D eigenvalue weighted by Crippen LogP contribution is -2.45. The van der Waals surface area contributed by atoms with E-state index in [1.165, 1.54) is 6.33 Å². The molecule has 9 heteroatoms. The minimum Gasteiger partial charge on any atom is -0.481 e. The number of hydrogen-bond acceptors (Lipinski definition) is 8. The third-order valence-corrected chi connectivity index (χ3v) is 4.71. The van der Waals surface area contributed by atoms with Gasteiger partial charge in [0.25, 0.3) is 0 Å². The maximum atomic E-state index is 6.42. The zero-order valence-electron chi connectivity index (χ0n) is 14.2. The second kappa shape index (κ2) is 6.93. The summed E-state index contributed by atoms with van der Waals surface area (Å²) in [4.78, 5) is 14.6. The van der Waals surface area contributed by atoms with Crippen LogP contribution in [0, 0.1) is 0 Å². The number of anilines is 1. The smallest absolute Gasteiger partial charge is 0.218 e. The van der Waals surface area contributed by atoms with Gasteiger partial charge in [-0.2, -0.15) is 5.10 Å². The molecule has 2 aromatic rings. The van der Waals surface area contributed by atoms with Gasteiger partial charge in [-0.15, -0.1) is 0 Å². The highest BCUT2D eigenvalue weighted by molar-refractivity contribution is 5.41. The molecule has 2 aliphatic rings. The van der Waals surface area contributed by atoms with E-state index in [0.717, 1.165) is 31.7 Å². The van der Waals surface area contributed by atoms with Gasteiger partial charge in [-0.3, -0.25) is 4.68 Å². The highest BCUT2D eigenvalue weighted by Crippen LogP contribution is 2.34. The van der Waals surface area contributed by atoms with Crippen LogP contribution in [0.25, 0.3) is 0 Å². The monoisotopic (exact) mass is 346 g/mol. The summed E-state index contributed by atoms with van der Waals surface area (Å²) in [5.41, 5.74) is -0.320. The van der Waals surface area contributed by atoms with E-state index >= 15 is 0 Å². The topological polar surface area (TPSA) is 87.4 Å². The third-order valence-electron chi connectivity index (χ3n) is 4.71. The Morgan fingerprint density at radius 2 is 2.32 bits per heavy atom. The molecule has 0 aliphatic carbocycles. The SMILES string of the molecule is COc1cc(N2CCOCC3(CCC(Cn4cncn4)O3)C2)ncn1. The molecule has 4 heterocycles. The van der Waals surface area contributed by atoms with Gasteiger partial charge in [0.2, 0.25) is 5.88 Å². The van der Waals surface area contributed by atoms with Gasteiger partial charge in [-0.25, -0.2) is 15.0 Å². The molecule has 2 saturated heterocycles. The van der Waals surface area contributed by atoms with E-state index in [1.54, 1.807) is 19.8 Å². The normalized spacial score (nSPS) is 26.8. The lowest BCUT2D eigenvalue weighted by atomic mass is 10.00. The van der Waals surface area contributed by atoms with Crippen LogP contribution >= 0.6 is 0 Å². The first-order valence-corrected chi connectivity index (χ1v) is 8.45. The number of rotatable bonds is 4. The summed E-state index contributed by atoms with van der Waals surface area (Å²) >= 11 is 0. The first-order valence-electron chi connectivity index (χ1n) is 8.45. The predicted molar refractivity (Wildman–Crippen MR) is 88.5 cm³/mol. The fourth-order valence-corrected chi connectivity index (χ4v) is 3.50. The molecule has 1 spiro atoms. The molecule has 0 amide bonds. The lowest BCUT2D eigenvalue weighted by molar-refractivity contribution is -0.0807. The van der Waals surface area contributed by atoms with Crippen molar-refractivity contribution in [3.05, 3.63) is 25.0 Å². The van der Waals surface area contributed by atoms with E-state index in [4.69, 9.17) is 14.2 Å². The van der Waals surface area contributed by atoms with Crippen molar-refractivity contribution in [2.24, 2.45) is 0 Å². The summed E-state index contributed by atoms with van der Waals surface area (Å²) < 4.78 is 19.3. The summed E-state index contributed by atoms with van der Waals surface area (Å²) in [6.45, 7) is 3.45. The Hall–Kier alpha value is -2.26. The molecule has 0 radical (unpaired) electrons. The molecule has 0 N–H and O–H groups in total. The Kier molecular flexibility index (Phi) is 4.50. The third kappa shape index (κ3) is 3.57. The Morgan fingerprint density at radius 3 is 3.16 bits per heavy atom. The van der Waals surface area contributed by atoms with E-state index < -0.39 is 0 Å². The van der Waals surface area contributed by atoms with Crippen LogP contribution in [0.5, 0.6) is 5.88 Å². The van der Waals surface area contributed by atoms with Crippen LogP contribution < -0.4 is 9.64 Å². The van der Waals surface area contributed by atoms with Gasteiger partial charge >= 0.3 is 0 Å². The van der Waals surface area contributed by atoms with Crippen molar-refractivity contribution >= 4 is 5.82 Å². The molecule has 2 aliphatic heterocycles. The second-order valence-corrected chi connectivity index (χ2v) is 6.47. The van der Waals surface area contributed by atoms with Crippen LogP contribution in [-0.2, 0) is 16.0 Å². The number of aromatic nitrogens is 5. The lowest BCUT2D eigenvalue weighted by Gasteiger charge is -2.32. The summed E-state index contributed by atoms with van der Waals surface area (Å²) in [6, 6.07) is 1.85. The van der Waals surface area contributed by atoms with Crippen LogP contribution in [0.15, 0.2) is 25.0 Å². The standard InChI is InChI=1S/C16H22N6O3/c1-23-15-6-14(18-11-19-15)21-4-5-24-9-16(8-21)3-2-13(25-16)7-22-12-17-10-20-22/h6,10-13H,2-5,7-9H2,1H3. The van der Waals surface area contributed by atoms with Crippen LogP contribution in [0.4, 0.5) is 5.82 Å². The van der Waals surface area contributed by atoms with Crippen molar-refractivity contribution in [1.82, 2.24) is 24.7 Å². The van der Waals surface area contributed by atoms with Gasteiger partial charge in [0.05, 0.1) is 39.5 Å². The van der Waals surface area contributed by atoms with Crippen molar-refractivity contribution in [2.75, 3.05) is 38.3 Å². The Bertz CT molecular complexity index is 697. The van der Waals surface area contributed by atoms with Gasteiger partial charge in [-0.1, -0.05) is 0 Å². The quantitative estimate of drug-likeness (QED) is 0.792. The molecule has 9 nitrogen and oxygen atoms in total. The minimum atomic E-state index is -0.320. The van der Waals surface area contributed by atoms with Gasteiger partial charge in [0.1, 0.15) is 30.4 Å². The molecule has 2 unspecified atom stereocenters. The highest BCUT2D eigenvalue weighted by Gasteiger charge is 2.43. The van der Waals surface area contributed by atoms with Crippen LogP contribution in [0.1, 0.15) is 12.8 Å². The van der Waals surface area contributed by atoms with E-state index in [0.29, 0.717) is 25.6 Å². The van der Waals surface area contributed by atoms with Gasteiger partial charge in [0, 0.05) is 12.6 Å². The van der Waals surface area contributed by atoms with Crippen LogP contribution in [0.3, 0.4) is 0 Å². The van der Waals surface area contributed by atoms with Crippen molar-refractivity contribution in [3.63, 3.8) is 0 Å². The minimum absolute atomic E-state index is 0.116. The zero-order chi connectivity index (χ0) is 17.1. The maximum absolute atomic E-state index is 6.42. The maximum Gasteiger partial charge on any atom is 0.218 e. The van der Waals surface area contributed by atoms with Gasteiger partial charge in [-0.05, 0) is 12.8 Å². The first-order chi connectivity index (χ1) is 12.3. The molecule has 0 bridgehead atoms. The Balaban J connectivity index is 1.48. The average Bonchev–Trinajstić information content (AvgIpc) is 3.23. The van der Waals surface area contributed by atoms with E-state index in [-0.39, 0.29) is 11.7 Å². The molecule has 0 saturated carbocycles. The average molecular weight is 346 g/mol. The van der Waals surface area contributed by atoms with Crippen LogP contribution in [-0.4, -0.2) is 69.9 Å². The molecule has 134 valence electrons. The molecule has 2 aromatic heterocycles. The number of ether oxygens (including phenoxy) is 3. The van der Waals surface area contributed by atoms with E-state index in [1.807, 2.05) is 10.7 Å². The summed E-state index contributed by atoms with van der Waals surface area (Å²) in [6.07, 6.45) is 6.83. The Labute approximate surface area is 145 Å². The summed E-state index contributed by atoms with van der Waals surface area (Å²) in [5.74, 6) is 1.39. The largest absolute Gasteiger partial charge is 0.481 e. The Morgan fingerprint density at radius 1 is 1.36 bits per heavy atom. The molecule has 4 rings (SSSR count). The van der Waals surface area contributed by atoms with E-state index in [2.05, 4.69) is 25.0 Å². The molecular weight excluding hydrogens is 324 g/mol. The second-order valence-electron chi connectivity index (χ2n) is 6.47. The molecule has 2 atom stereocenters. The van der Waals surface area contributed by atoms with Gasteiger partial charge in [0.15, 0.2) is 0 Å². The highest BCUT2D eigenvalue weighted by atomic mass is 16.6. The van der Waals surface area contributed by atoms with E-state index in [9.17, 15) is 0 Å².